The van der Waals surface area contributed by atoms with E-state index in [1.54, 1.807) is 14.0 Å². The summed E-state index contributed by atoms with van der Waals surface area (Å²) in [5.41, 5.74) is -0.636. The van der Waals surface area contributed by atoms with E-state index in [1.165, 1.54) is 0 Å². The van der Waals surface area contributed by atoms with Gasteiger partial charge in [0.15, 0.2) is 0 Å². The number of rotatable bonds is 4. The lowest BCUT2D eigenvalue weighted by atomic mass is 9.44. The van der Waals surface area contributed by atoms with Gasteiger partial charge in [-0.15, -0.1) is 0 Å². The molecule has 6 atom stereocenters. The lowest BCUT2D eigenvalue weighted by molar-refractivity contribution is -0.255. The van der Waals surface area contributed by atoms with Gasteiger partial charge in [0.25, 0.3) is 0 Å². The first kappa shape index (κ1) is 20.6. The van der Waals surface area contributed by atoms with Crippen LogP contribution in [0, 0.1) is 22.7 Å². The molecule has 0 spiro atoms. The van der Waals surface area contributed by atoms with Crippen LogP contribution in [0.2, 0.25) is 0 Å². The molecular weight excluding hydrogens is 316 g/mol. The number of fused-ring (bicyclic) bond motifs is 1. The topological polar surface area (TPSA) is 69.9 Å². The maximum atomic E-state index is 11.1. The van der Waals surface area contributed by atoms with E-state index in [0.29, 0.717) is 6.61 Å². The molecular formula is C21H36O4. The molecule has 25 heavy (non-hydrogen) atoms. The van der Waals surface area contributed by atoms with Gasteiger partial charge in [-0.3, -0.25) is 0 Å². The first-order valence-electron chi connectivity index (χ1n) is 9.41. The van der Waals surface area contributed by atoms with Crippen molar-refractivity contribution in [3.05, 3.63) is 23.8 Å². The Hall–Kier alpha value is -0.680. The van der Waals surface area contributed by atoms with Crippen molar-refractivity contribution in [3.63, 3.8) is 0 Å². The third-order valence-corrected chi connectivity index (χ3v) is 6.82. The Morgan fingerprint density at radius 2 is 1.80 bits per heavy atom. The molecule has 0 aromatic carbocycles. The molecule has 0 heterocycles. The van der Waals surface area contributed by atoms with Crippen molar-refractivity contribution in [2.45, 2.75) is 71.7 Å². The van der Waals surface area contributed by atoms with Crippen molar-refractivity contribution in [1.29, 1.82) is 0 Å². The minimum Gasteiger partial charge on any atom is -0.390 e. The second-order valence-corrected chi connectivity index (χ2v) is 9.23. The van der Waals surface area contributed by atoms with Crippen LogP contribution in [0.4, 0.5) is 0 Å². The molecule has 6 unspecified atom stereocenters. The van der Waals surface area contributed by atoms with E-state index < -0.39 is 17.8 Å². The van der Waals surface area contributed by atoms with Crippen LogP contribution in [0.25, 0.3) is 0 Å². The van der Waals surface area contributed by atoms with E-state index in [1.807, 2.05) is 25.2 Å². The fourth-order valence-corrected chi connectivity index (χ4v) is 5.65. The minimum absolute atomic E-state index is 0.0538. The molecule has 2 aliphatic rings. The predicted molar refractivity (Wildman–Crippen MR) is 100 cm³/mol. The van der Waals surface area contributed by atoms with Crippen LogP contribution < -0.4 is 0 Å². The number of methoxy groups -OCH3 is 1. The zero-order chi connectivity index (χ0) is 19.0. The standard InChI is InChI=1S/C21H36O4/c1-14(10-13-25-6)8-9-15-20(4)12-7-11-19(2,3)17(20)16(22)18(23)21(15,5)24/h8-10,15-18,22-24H,7,11-13H2,1-6H3. The fourth-order valence-electron chi connectivity index (χ4n) is 5.65. The zero-order valence-electron chi connectivity index (χ0n) is 16.6. The number of ether oxygens (including phenoxy) is 1. The van der Waals surface area contributed by atoms with Crippen molar-refractivity contribution in [3.8, 4) is 0 Å². The number of hydrogen-bond acceptors (Lipinski definition) is 4. The first-order valence-corrected chi connectivity index (χ1v) is 9.41. The summed E-state index contributed by atoms with van der Waals surface area (Å²) in [6.07, 6.45) is 7.01. The highest BCUT2D eigenvalue weighted by molar-refractivity contribution is 5.24. The molecule has 0 bridgehead atoms. The van der Waals surface area contributed by atoms with Gasteiger partial charge in [0.2, 0.25) is 0 Å². The summed E-state index contributed by atoms with van der Waals surface area (Å²) in [4.78, 5) is 0. The Morgan fingerprint density at radius 1 is 1.16 bits per heavy atom. The van der Waals surface area contributed by atoms with Crippen molar-refractivity contribution < 1.29 is 20.1 Å². The Kier molecular flexibility index (Phi) is 5.90. The molecule has 2 rings (SSSR count). The third-order valence-electron chi connectivity index (χ3n) is 6.82. The van der Waals surface area contributed by atoms with Gasteiger partial charge < -0.3 is 20.1 Å². The molecule has 0 aromatic heterocycles. The van der Waals surface area contributed by atoms with E-state index in [2.05, 4.69) is 20.8 Å². The second kappa shape index (κ2) is 7.15. The van der Waals surface area contributed by atoms with Crippen LogP contribution in [0.1, 0.15) is 53.9 Å². The molecule has 2 aliphatic carbocycles. The summed E-state index contributed by atoms with van der Waals surface area (Å²) in [6.45, 7) is 10.7. The van der Waals surface area contributed by atoms with E-state index in [4.69, 9.17) is 4.74 Å². The molecule has 144 valence electrons. The molecule has 2 saturated carbocycles. The van der Waals surface area contributed by atoms with Gasteiger partial charge in [-0.1, -0.05) is 51.0 Å². The van der Waals surface area contributed by atoms with E-state index in [0.717, 1.165) is 24.8 Å². The summed E-state index contributed by atoms with van der Waals surface area (Å²) in [6, 6.07) is 0. The van der Waals surface area contributed by atoms with Gasteiger partial charge in [0, 0.05) is 13.0 Å². The van der Waals surface area contributed by atoms with Crippen LogP contribution in [-0.2, 0) is 4.74 Å². The Balaban J connectivity index is 2.45. The Bertz CT molecular complexity index is 534. The summed E-state index contributed by atoms with van der Waals surface area (Å²) >= 11 is 0. The molecule has 0 aliphatic heterocycles. The van der Waals surface area contributed by atoms with Crippen molar-refractivity contribution >= 4 is 0 Å². The van der Waals surface area contributed by atoms with Gasteiger partial charge in [0.05, 0.1) is 18.3 Å². The highest BCUT2D eigenvalue weighted by Crippen LogP contribution is 2.62. The fraction of sp³-hybridized carbons (Fsp3) is 0.810. The van der Waals surface area contributed by atoms with Crippen molar-refractivity contribution in [2.75, 3.05) is 13.7 Å². The van der Waals surface area contributed by atoms with E-state index in [9.17, 15) is 15.3 Å². The lowest BCUT2D eigenvalue weighted by Gasteiger charge is -2.63. The molecule has 0 radical (unpaired) electrons. The average Bonchev–Trinajstić information content (AvgIpc) is 2.49. The van der Waals surface area contributed by atoms with Crippen LogP contribution in [0.3, 0.4) is 0 Å². The van der Waals surface area contributed by atoms with E-state index >= 15 is 0 Å². The van der Waals surface area contributed by atoms with Gasteiger partial charge in [-0.05, 0) is 43.4 Å². The van der Waals surface area contributed by atoms with Crippen LogP contribution in [0.5, 0.6) is 0 Å². The van der Waals surface area contributed by atoms with Crippen LogP contribution in [-0.4, -0.2) is 46.8 Å². The summed E-state index contributed by atoms with van der Waals surface area (Å²) in [5.74, 6) is -0.282. The molecule has 0 aromatic rings. The highest BCUT2D eigenvalue weighted by Gasteiger charge is 2.64. The highest BCUT2D eigenvalue weighted by atomic mass is 16.5. The predicted octanol–water partition coefficient (Wildman–Crippen LogP) is 3.07. The molecule has 4 heteroatoms. The Labute approximate surface area is 152 Å². The van der Waals surface area contributed by atoms with Crippen LogP contribution >= 0.6 is 0 Å². The average molecular weight is 353 g/mol. The van der Waals surface area contributed by atoms with Crippen molar-refractivity contribution in [1.82, 2.24) is 0 Å². The maximum absolute atomic E-state index is 11.1. The van der Waals surface area contributed by atoms with Gasteiger partial charge >= 0.3 is 0 Å². The first-order chi connectivity index (χ1) is 11.5. The van der Waals surface area contributed by atoms with Crippen molar-refractivity contribution in [2.24, 2.45) is 22.7 Å². The maximum Gasteiger partial charge on any atom is 0.109 e. The van der Waals surface area contributed by atoms with Crippen LogP contribution in [0.15, 0.2) is 23.8 Å². The summed E-state index contributed by atoms with van der Waals surface area (Å²) < 4.78 is 5.08. The molecule has 4 nitrogen and oxygen atoms in total. The number of hydrogen-bond donors (Lipinski definition) is 3. The molecule has 0 saturated heterocycles. The largest absolute Gasteiger partial charge is 0.390 e. The molecule has 3 N–H and O–H groups in total. The lowest BCUT2D eigenvalue weighted by Crippen LogP contribution is -2.69. The summed E-state index contributed by atoms with van der Waals surface area (Å²) in [5, 5.41) is 32.7. The minimum atomic E-state index is -1.36. The summed E-state index contributed by atoms with van der Waals surface area (Å²) in [7, 11) is 1.66. The normalized spacial score (nSPS) is 44.8. The van der Waals surface area contributed by atoms with E-state index in [-0.39, 0.29) is 22.7 Å². The molecule has 0 amide bonds. The number of aliphatic hydroxyl groups is 3. The van der Waals surface area contributed by atoms with Gasteiger partial charge in [-0.25, -0.2) is 0 Å². The zero-order valence-corrected chi connectivity index (χ0v) is 16.6. The SMILES string of the molecule is COCC=C(C)C=CC1C(C)(O)C(O)C(O)C2C(C)(C)CCCC21C. The smallest absolute Gasteiger partial charge is 0.109 e. The Morgan fingerprint density at radius 3 is 2.40 bits per heavy atom. The quantitative estimate of drug-likeness (QED) is 0.680. The van der Waals surface area contributed by atoms with Gasteiger partial charge in [0.1, 0.15) is 6.10 Å². The molecule has 2 fully saturated rings. The third kappa shape index (κ3) is 3.59. The second-order valence-electron chi connectivity index (χ2n) is 9.23. The monoisotopic (exact) mass is 352 g/mol. The number of aliphatic hydroxyl groups excluding tert-OH is 2. The van der Waals surface area contributed by atoms with Gasteiger partial charge in [-0.2, -0.15) is 0 Å². The number of allylic oxidation sites excluding steroid dienone is 2.